The van der Waals surface area contributed by atoms with Gasteiger partial charge in [0.1, 0.15) is 0 Å². The topological polar surface area (TPSA) is 29.1 Å². The molecule has 0 aliphatic carbocycles. The van der Waals surface area contributed by atoms with E-state index in [0.717, 1.165) is 31.3 Å². The number of halogens is 3. The zero-order valence-electron chi connectivity index (χ0n) is 9.25. The van der Waals surface area contributed by atoms with E-state index in [0.29, 0.717) is 0 Å². The highest BCUT2D eigenvalue weighted by Crippen LogP contribution is 2.32. The van der Waals surface area contributed by atoms with Crippen LogP contribution in [-0.2, 0) is 4.79 Å². The fourth-order valence-corrected chi connectivity index (χ4v) is 4.43. The molecular formula is C12H10Br3NOS. The number of rotatable bonds is 4. The zero-order chi connectivity index (χ0) is 13.1. The first-order valence-corrected chi connectivity index (χ1v) is 8.95. The van der Waals surface area contributed by atoms with E-state index in [9.17, 15) is 4.79 Å². The summed E-state index contributed by atoms with van der Waals surface area (Å²) >= 11 is 11.7. The molecular weight excluding hydrogens is 446 g/mol. The minimum absolute atomic E-state index is 0.0000665. The SMILES string of the molecule is O=C(Nc1cc2ccc(Br)cc2s1)C(Br)CCBr. The lowest BCUT2D eigenvalue weighted by Gasteiger charge is -2.07. The van der Waals surface area contributed by atoms with E-state index in [1.54, 1.807) is 11.3 Å². The van der Waals surface area contributed by atoms with Crippen LogP contribution in [0.5, 0.6) is 0 Å². The highest BCUT2D eigenvalue weighted by Gasteiger charge is 2.15. The van der Waals surface area contributed by atoms with E-state index in [1.165, 1.54) is 0 Å². The zero-order valence-corrected chi connectivity index (χ0v) is 14.8. The first kappa shape index (κ1) is 14.5. The summed E-state index contributed by atoms with van der Waals surface area (Å²) in [6.45, 7) is 0. The Balaban J connectivity index is 2.14. The van der Waals surface area contributed by atoms with E-state index < -0.39 is 0 Å². The van der Waals surface area contributed by atoms with Crippen molar-refractivity contribution < 1.29 is 4.79 Å². The Morgan fingerprint density at radius 2 is 2.17 bits per heavy atom. The number of benzene rings is 1. The van der Waals surface area contributed by atoms with Gasteiger partial charge in [-0.2, -0.15) is 0 Å². The van der Waals surface area contributed by atoms with Crippen LogP contribution in [0.25, 0.3) is 10.1 Å². The van der Waals surface area contributed by atoms with Crippen LogP contribution in [0.4, 0.5) is 5.00 Å². The van der Waals surface area contributed by atoms with Crippen molar-refractivity contribution in [1.29, 1.82) is 0 Å². The average Bonchev–Trinajstić information content (AvgIpc) is 2.70. The second-order valence-electron chi connectivity index (χ2n) is 3.73. The van der Waals surface area contributed by atoms with Crippen LogP contribution in [0.1, 0.15) is 6.42 Å². The number of carbonyl (C=O) groups excluding carboxylic acids is 1. The minimum Gasteiger partial charge on any atom is -0.317 e. The second kappa shape index (κ2) is 6.50. The van der Waals surface area contributed by atoms with Gasteiger partial charge in [-0.3, -0.25) is 4.79 Å². The van der Waals surface area contributed by atoms with Crippen molar-refractivity contribution in [2.45, 2.75) is 11.2 Å². The fraction of sp³-hybridized carbons (Fsp3) is 0.250. The summed E-state index contributed by atoms with van der Waals surface area (Å²) in [7, 11) is 0. The molecule has 0 aliphatic rings. The molecule has 0 bridgehead atoms. The molecule has 6 heteroatoms. The number of hydrogen-bond donors (Lipinski definition) is 1. The van der Waals surface area contributed by atoms with Crippen molar-refractivity contribution in [2.24, 2.45) is 0 Å². The van der Waals surface area contributed by atoms with Crippen molar-refractivity contribution in [3.63, 3.8) is 0 Å². The summed E-state index contributed by atoms with van der Waals surface area (Å²) in [4.78, 5) is 11.7. The van der Waals surface area contributed by atoms with Crippen LogP contribution >= 0.6 is 59.1 Å². The molecule has 96 valence electrons. The number of nitrogens with one attached hydrogen (secondary N) is 1. The van der Waals surface area contributed by atoms with E-state index in [2.05, 4.69) is 59.2 Å². The van der Waals surface area contributed by atoms with Crippen molar-refractivity contribution in [2.75, 3.05) is 10.6 Å². The second-order valence-corrected chi connectivity index (χ2v) is 7.63. The van der Waals surface area contributed by atoms with Crippen LogP contribution in [-0.4, -0.2) is 16.1 Å². The van der Waals surface area contributed by atoms with Crippen molar-refractivity contribution >= 4 is 80.1 Å². The van der Waals surface area contributed by atoms with Crippen LogP contribution < -0.4 is 5.32 Å². The maximum atomic E-state index is 11.9. The maximum absolute atomic E-state index is 11.9. The van der Waals surface area contributed by atoms with E-state index in [4.69, 9.17) is 0 Å². The molecule has 1 heterocycles. The number of hydrogen-bond acceptors (Lipinski definition) is 2. The fourth-order valence-electron chi connectivity index (χ4n) is 1.49. The molecule has 1 unspecified atom stereocenters. The third kappa shape index (κ3) is 3.56. The number of amides is 1. The monoisotopic (exact) mass is 453 g/mol. The highest BCUT2D eigenvalue weighted by atomic mass is 79.9. The molecule has 0 saturated carbocycles. The Bertz CT molecular complexity index is 569. The number of fused-ring (bicyclic) bond motifs is 1. The summed E-state index contributed by atoms with van der Waals surface area (Å²) in [6, 6.07) is 8.09. The van der Waals surface area contributed by atoms with Gasteiger partial charge < -0.3 is 5.32 Å². The van der Waals surface area contributed by atoms with Gasteiger partial charge in [0.05, 0.1) is 9.83 Å². The molecule has 0 aliphatic heterocycles. The standard InChI is InChI=1S/C12H10Br3NOS/c13-4-3-9(15)12(17)16-11-5-7-1-2-8(14)6-10(7)18-11/h1-2,5-6,9H,3-4H2,(H,16,17). The highest BCUT2D eigenvalue weighted by molar-refractivity contribution is 9.10. The Morgan fingerprint density at radius 3 is 2.89 bits per heavy atom. The molecule has 0 fully saturated rings. The van der Waals surface area contributed by atoms with Gasteiger partial charge in [-0.1, -0.05) is 53.9 Å². The Hall–Kier alpha value is 0.0900. The number of alkyl halides is 2. The van der Waals surface area contributed by atoms with Crippen LogP contribution in [0.15, 0.2) is 28.7 Å². The molecule has 1 amide bonds. The van der Waals surface area contributed by atoms with Gasteiger partial charge in [0, 0.05) is 14.5 Å². The largest absolute Gasteiger partial charge is 0.317 e. The molecule has 2 rings (SSSR count). The van der Waals surface area contributed by atoms with Gasteiger partial charge in [-0.15, -0.1) is 11.3 Å². The van der Waals surface area contributed by atoms with Crippen LogP contribution in [0.3, 0.4) is 0 Å². The Labute approximate surface area is 135 Å². The van der Waals surface area contributed by atoms with Crippen molar-refractivity contribution in [1.82, 2.24) is 0 Å². The van der Waals surface area contributed by atoms with Gasteiger partial charge in [-0.05, 0) is 30.0 Å². The molecule has 2 nitrogen and oxygen atoms in total. The maximum Gasteiger partial charge on any atom is 0.238 e. The Kier molecular flexibility index (Phi) is 5.24. The summed E-state index contributed by atoms with van der Waals surface area (Å²) in [5, 5.41) is 5.76. The lowest BCUT2D eigenvalue weighted by atomic mass is 10.3. The normalized spacial score (nSPS) is 12.6. The number of thiophene rings is 1. The molecule has 2 aromatic rings. The van der Waals surface area contributed by atoms with E-state index >= 15 is 0 Å². The molecule has 1 N–H and O–H groups in total. The summed E-state index contributed by atoms with van der Waals surface area (Å²) in [5.74, 6) is 0.0000665. The molecule has 1 aromatic heterocycles. The predicted octanol–water partition coefficient (Wildman–Crippen LogP) is 5.15. The van der Waals surface area contributed by atoms with E-state index in [1.807, 2.05) is 18.2 Å². The third-order valence-electron chi connectivity index (χ3n) is 2.38. The predicted molar refractivity (Wildman–Crippen MR) is 89.3 cm³/mol. The van der Waals surface area contributed by atoms with Gasteiger partial charge >= 0.3 is 0 Å². The van der Waals surface area contributed by atoms with Gasteiger partial charge in [0.2, 0.25) is 5.91 Å². The molecule has 0 radical (unpaired) electrons. The number of carbonyl (C=O) groups is 1. The van der Waals surface area contributed by atoms with Gasteiger partial charge in [0.25, 0.3) is 0 Å². The lowest BCUT2D eigenvalue weighted by molar-refractivity contribution is -0.115. The number of anilines is 1. The smallest absolute Gasteiger partial charge is 0.238 e. The lowest BCUT2D eigenvalue weighted by Crippen LogP contribution is -2.22. The minimum atomic E-state index is -0.158. The molecule has 0 saturated heterocycles. The van der Waals surface area contributed by atoms with E-state index in [-0.39, 0.29) is 10.7 Å². The van der Waals surface area contributed by atoms with Gasteiger partial charge in [-0.25, -0.2) is 0 Å². The van der Waals surface area contributed by atoms with Crippen molar-refractivity contribution in [3.8, 4) is 0 Å². The Morgan fingerprint density at radius 1 is 1.39 bits per heavy atom. The van der Waals surface area contributed by atoms with Gasteiger partial charge in [0.15, 0.2) is 0 Å². The molecule has 1 atom stereocenters. The summed E-state index contributed by atoms with van der Waals surface area (Å²) in [5.41, 5.74) is 0. The van der Waals surface area contributed by atoms with Crippen LogP contribution in [0.2, 0.25) is 0 Å². The molecule has 1 aromatic carbocycles. The quantitative estimate of drug-likeness (QED) is 0.634. The average molecular weight is 456 g/mol. The molecule has 0 spiro atoms. The summed E-state index contributed by atoms with van der Waals surface area (Å²) in [6.07, 6.45) is 0.766. The van der Waals surface area contributed by atoms with Crippen LogP contribution in [0, 0.1) is 0 Å². The van der Waals surface area contributed by atoms with Crippen molar-refractivity contribution in [3.05, 3.63) is 28.7 Å². The molecule has 18 heavy (non-hydrogen) atoms. The first-order chi connectivity index (χ1) is 8.60. The third-order valence-corrected chi connectivity index (χ3v) is 5.21. The summed E-state index contributed by atoms with van der Waals surface area (Å²) < 4.78 is 2.21. The first-order valence-electron chi connectivity index (χ1n) is 5.30.